The van der Waals surface area contributed by atoms with Gasteiger partial charge in [0.25, 0.3) is 5.91 Å². The number of ether oxygens (including phenoxy) is 1. The third-order valence-electron chi connectivity index (χ3n) is 5.69. The Balaban J connectivity index is 1.72. The number of piperidine rings is 1. The highest BCUT2D eigenvalue weighted by Crippen LogP contribution is 2.42. The van der Waals surface area contributed by atoms with E-state index in [-0.39, 0.29) is 11.6 Å². The molecule has 2 aromatic rings. The number of rotatable bonds is 5. The molecule has 1 fully saturated rings. The van der Waals surface area contributed by atoms with Crippen LogP contribution in [0.25, 0.3) is 0 Å². The van der Waals surface area contributed by atoms with Crippen LogP contribution >= 0.6 is 23.2 Å². The predicted octanol–water partition coefficient (Wildman–Crippen LogP) is 4.58. The summed E-state index contributed by atoms with van der Waals surface area (Å²) in [4.78, 5) is 13.1. The van der Waals surface area contributed by atoms with Crippen LogP contribution in [-0.2, 0) is 4.79 Å². The maximum Gasteiger partial charge on any atom is 0.283 e. The largest absolute Gasteiger partial charge is 0.497 e. The van der Waals surface area contributed by atoms with Crippen molar-refractivity contribution in [2.24, 2.45) is 11.0 Å². The minimum absolute atomic E-state index is 0.157. The molecule has 2 atom stereocenters. The van der Waals surface area contributed by atoms with E-state index in [1.165, 1.54) is 0 Å². The van der Waals surface area contributed by atoms with Crippen molar-refractivity contribution in [1.29, 1.82) is 5.26 Å². The van der Waals surface area contributed by atoms with Gasteiger partial charge in [-0.05, 0) is 48.7 Å². The number of carbonyl (C=O) groups excluding carboxylic acids is 1. The smallest absolute Gasteiger partial charge is 0.283 e. The highest BCUT2D eigenvalue weighted by Gasteiger charge is 2.43. The molecule has 2 aliphatic rings. The first-order valence-corrected chi connectivity index (χ1v) is 11.2. The molecule has 1 amide bonds. The number of hydrazone groups is 1. The van der Waals surface area contributed by atoms with Crippen molar-refractivity contribution in [3.8, 4) is 11.8 Å². The Hall–Kier alpha value is -2.79. The Morgan fingerprint density at radius 3 is 2.50 bits per heavy atom. The Morgan fingerprint density at radius 1 is 1.16 bits per heavy atom. The number of hydrogen-bond acceptors (Lipinski definition) is 6. The van der Waals surface area contributed by atoms with E-state index in [0.29, 0.717) is 21.5 Å². The SMILES string of the molecule is COc1ccc([C@@H]2[C@@H](C#N)C(C(=O)NN3CCCCC3)=NN2c2ccc(Cl)cc2Cl)cc1. The maximum absolute atomic E-state index is 13.1. The third kappa shape index (κ3) is 4.53. The standard InChI is InChI=1S/C23H23Cl2N5O2/c1-32-17-8-5-15(6-9-17)22-18(14-26)21(23(31)28-29-11-3-2-4-12-29)27-30(22)20-10-7-16(24)13-19(20)25/h5-10,13,18,22H,2-4,11-12H2,1H3,(H,28,31)/t18-,22+/m0/s1. The summed E-state index contributed by atoms with van der Waals surface area (Å²) >= 11 is 12.6. The molecular formula is C23H23Cl2N5O2. The van der Waals surface area contributed by atoms with Crippen LogP contribution in [0, 0.1) is 17.2 Å². The van der Waals surface area contributed by atoms with Crippen molar-refractivity contribution in [3.63, 3.8) is 0 Å². The van der Waals surface area contributed by atoms with Crippen LogP contribution in [0.3, 0.4) is 0 Å². The zero-order valence-corrected chi connectivity index (χ0v) is 19.1. The molecule has 32 heavy (non-hydrogen) atoms. The van der Waals surface area contributed by atoms with Crippen LogP contribution in [0.5, 0.6) is 5.75 Å². The molecule has 0 aromatic heterocycles. The average Bonchev–Trinajstić information content (AvgIpc) is 3.19. The van der Waals surface area contributed by atoms with E-state index >= 15 is 0 Å². The summed E-state index contributed by atoms with van der Waals surface area (Å²) in [6, 6.07) is 14.2. The third-order valence-corrected chi connectivity index (χ3v) is 6.23. The van der Waals surface area contributed by atoms with Crippen LogP contribution in [0.1, 0.15) is 30.9 Å². The second-order valence-corrected chi connectivity index (χ2v) is 8.58. The van der Waals surface area contributed by atoms with Gasteiger partial charge in [-0.15, -0.1) is 0 Å². The number of carbonyl (C=O) groups is 1. The lowest BCUT2D eigenvalue weighted by Crippen LogP contribution is -2.48. The van der Waals surface area contributed by atoms with E-state index in [9.17, 15) is 10.1 Å². The van der Waals surface area contributed by atoms with E-state index in [1.54, 1.807) is 30.3 Å². The Kier molecular flexibility index (Phi) is 6.85. The van der Waals surface area contributed by atoms with Gasteiger partial charge in [0.05, 0.1) is 29.9 Å². The van der Waals surface area contributed by atoms with Gasteiger partial charge in [0, 0.05) is 18.1 Å². The van der Waals surface area contributed by atoms with Gasteiger partial charge in [-0.3, -0.25) is 15.2 Å². The molecule has 0 spiro atoms. The van der Waals surface area contributed by atoms with Gasteiger partial charge in [0.1, 0.15) is 17.4 Å². The Labute approximate surface area is 197 Å². The van der Waals surface area contributed by atoms with Gasteiger partial charge < -0.3 is 4.74 Å². The number of amides is 1. The number of halogens is 2. The van der Waals surface area contributed by atoms with E-state index in [4.69, 9.17) is 27.9 Å². The topological polar surface area (TPSA) is 81.0 Å². The van der Waals surface area contributed by atoms with E-state index in [0.717, 1.165) is 37.9 Å². The van der Waals surface area contributed by atoms with Crippen molar-refractivity contribution in [2.75, 3.05) is 25.2 Å². The molecular weight excluding hydrogens is 449 g/mol. The van der Waals surface area contributed by atoms with Crippen LogP contribution in [-0.4, -0.2) is 36.8 Å². The molecule has 2 aliphatic heterocycles. The average molecular weight is 472 g/mol. The van der Waals surface area contributed by atoms with Gasteiger partial charge in [0.2, 0.25) is 0 Å². The van der Waals surface area contributed by atoms with Crippen molar-refractivity contribution >= 4 is 40.5 Å². The molecule has 2 heterocycles. The number of benzene rings is 2. The minimum atomic E-state index is -0.792. The summed E-state index contributed by atoms with van der Waals surface area (Å²) in [6.07, 6.45) is 3.20. The second-order valence-electron chi connectivity index (χ2n) is 7.74. The molecule has 0 unspecified atom stereocenters. The minimum Gasteiger partial charge on any atom is -0.497 e. The zero-order valence-electron chi connectivity index (χ0n) is 17.6. The predicted molar refractivity (Wildman–Crippen MR) is 125 cm³/mol. The maximum atomic E-state index is 13.1. The molecule has 9 heteroatoms. The quantitative estimate of drug-likeness (QED) is 0.690. The molecule has 0 saturated carbocycles. The first kappa shape index (κ1) is 22.4. The van der Waals surface area contributed by atoms with Gasteiger partial charge >= 0.3 is 0 Å². The number of hydrogen-bond donors (Lipinski definition) is 1. The van der Waals surface area contributed by atoms with Gasteiger partial charge in [-0.25, -0.2) is 5.01 Å². The number of nitrogens with one attached hydrogen (secondary N) is 1. The Morgan fingerprint density at radius 2 is 1.88 bits per heavy atom. The lowest BCUT2D eigenvalue weighted by Gasteiger charge is -2.27. The summed E-state index contributed by atoms with van der Waals surface area (Å²) in [5.41, 5.74) is 4.46. The monoisotopic (exact) mass is 471 g/mol. The summed E-state index contributed by atoms with van der Waals surface area (Å²) in [5, 5.41) is 19.1. The van der Waals surface area contributed by atoms with Gasteiger partial charge in [0.15, 0.2) is 0 Å². The normalized spacial score (nSPS) is 21.1. The molecule has 1 N–H and O–H groups in total. The van der Waals surface area contributed by atoms with E-state index in [2.05, 4.69) is 16.6 Å². The number of nitriles is 1. The fourth-order valence-corrected chi connectivity index (χ4v) is 4.56. The summed E-state index contributed by atoms with van der Waals surface area (Å²) in [5.74, 6) is -0.468. The molecule has 4 rings (SSSR count). The van der Waals surface area contributed by atoms with Crippen LogP contribution < -0.4 is 15.2 Å². The van der Waals surface area contributed by atoms with E-state index in [1.807, 2.05) is 29.3 Å². The zero-order chi connectivity index (χ0) is 22.7. The lowest BCUT2D eigenvalue weighted by molar-refractivity contribution is -0.119. The lowest BCUT2D eigenvalue weighted by atomic mass is 9.90. The Bertz CT molecular complexity index is 1060. The van der Waals surface area contributed by atoms with Crippen LogP contribution in [0.15, 0.2) is 47.6 Å². The molecule has 1 saturated heterocycles. The number of hydrazine groups is 1. The number of anilines is 1. The fourth-order valence-electron chi connectivity index (χ4n) is 4.06. The highest BCUT2D eigenvalue weighted by atomic mass is 35.5. The fraction of sp³-hybridized carbons (Fsp3) is 0.348. The molecule has 2 aromatic carbocycles. The highest BCUT2D eigenvalue weighted by molar-refractivity contribution is 6.41. The summed E-state index contributed by atoms with van der Waals surface area (Å²) in [7, 11) is 1.59. The van der Waals surface area contributed by atoms with Gasteiger partial charge in [-0.1, -0.05) is 41.8 Å². The van der Waals surface area contributed by atoms with Crippen LogP contribution in [0.4, 0.5) is 5.69 Å². The van der Waals surface area contributed by atoms with Gasteiger partial charge in [-0.2, -0.15) is 10.4 Å². The van der Waals surface area contributed by atoms with Crippen molar-refractivity contribution in [2.45, 2.75) is 25.3 Å². The molecule has 7 nitrogen and oxygen atoms in total. The molecule has 166 valence electrons. The van der Waals surface area contributed by atoms with Crippen molar-refractivity contribution in [1.82, 2.24) is 10.4 Å². The van der Waals surface area contributed by atoms with Crippen LogP contribution in [0.2, 0.25) is 10.0 Å². The first-order chi connectivity index (χ1) is 15.5. The second kappa shape index (κ2) is 9.78. The van der Waals surface area contributed by atoms with Crippen molar-refractivity contribution in [3.05, 3.63) is 58.1 Å². The summed E-state index contributed by atoms with van der Waals surface area (Å²) in [6.45, 7) is 1.57. The molecule has 0 bridgehead atoms. The van der Waals surface area contributed by atoms with Crippen molar-refractivity contribution < 1.29 is 9.53 Å². The summed E-state index contributed by atoms with van der Waals surface area (Å²) < 4.78 is 5.26. The number of nitrogens with zero attached hydrogens (tertiary/aromatic N) is 4. The molecule has 0 aliphatic carbocycles. The number of methoxy groups -OCH3 is 1. The van der Waals surface area contributed by atoms with E-state index < -0.39 is 12.0 Å². The molecule has 0 radical (unpaired) electrons. The first-order valence-electron chi connectivity index (χ1n) is 10.4.